The Labute approximate surface area is 232 Å². The molecule has 0 spiro atoms. The summed E-state index contributed by atoms with van der Waals surface area (Å²) in [7, 11) is 6.45. The molecule has 0 amide bonds. The molecular weight excluding hydrogens is 552 g/mol. The lowest BCUT2D eigenvalue weighted by molar-refractivity contribution is 0.0322. The van der Waals surface area contributed by atoms with Gasteiger partial charge in [0.25, 0.3) is 0 Å². The Bertz CT molecular complexity index is 1330. The summed E-state index contributed by atoms with van der Waals surface area (Å²) in [6.45, 7) is 7.50. The number of methoxy groups -OCH3 is 4. The van der Waals surface area contributed by atoms with Crippen LogP contribution in [0.15, 0.2) is 56.1 Å². The summed E-state index contributed by atoms with van der Waals surface area (Å²) in [5.41, 5.74) is 2.19. The van der Waals surface area contributed by atoms with Crippen LogP contribution >= 0.6 is 15.9 Å². The van der Waals surface area contributed by atoms with Crippen LogP contribution in [-0.4, -0.2) is 63.4 Å². The fraction of sp³-hybridized carbons (Fsp3) is 0.414. The van der Waals surface area contributed by atoms with E-state index in [4.69, 9.17) is 23.4 Å². The van der Waals surface area contributed by atoms with Crippen molar-refractivity contribution in [1.29, 1.82) is 0 Å². The third kappa shape index (κ3) is 6.00. The van der Waals surface area contributed by atoms with E-state index in [0.29, 0.717) is 35.4 Å². The fourth-order valence-corrected chi connectivity index (χ4v) is 5.41. The van der Waals surface area contributed by atoms with Crippen LogP contribution in [0.3, 0.4) is 0 Å². The maximum Gasteiger partial charge on any atom is 0.340 e. The van der Waals surface area contributed by atoms with Gasteiger partial charge in [0.15, 0.2) is 23.0 Å². The standard InChI is InChI=1S/C29H35BrN2O6/c1-18-15-32(19(2)14-31(18)16-20-7-9-25(34-3)26(11-20)35-4)17-21-8-10-24(38-29(21)33)22-12-27(36-5)28(37-6)13-23(22)30/h7-13,18-19H,14-17H2,1-6H3/t18-,19+/m1/s1. The molecule has 0 bridgehead atoms. The van der Waals surface area contributed by atoms with Crippen LogP contribution in [0.25, 0.3) is 11.3 Å². The van der Waals surface area contributed by atoms with E-state index in [9.17, 15) is 4.79 Å². The van der Waals surface area contributed by atoms with Crippen molar-refractivity contribution in [2.24, 2.45) is 0 Å². The number of hydrogen-bond acceptors (Lipinski definition) is 8. The molecule has 1 aromatic heterocycles. The minimum Gasteiger partial charge on any atom is -0.493 e. The zero-order valence-electron chi connectivity index (χ0n) is 22.7. The maximum atomic E-state index is 13.0. The maximum absolute atomic E-state index is 13.0. The predicted molar refractivity (Wildman–Crippen MR) is 151 cm³/mol. The van der Waals surface area contributed by atoms with Crippen LogP contribution in [0.2, 0.25) is 0 Å². The summed E-state index contributed by atoms with van der Waals surface area (Å²) in [5, 5.41) is 0. The van der Waals surface area contributed by atoms with Crippen molar-refractivity contribution in [1.82, 2.24) is 9.80 Å². The molecule has 1 saturated heterocycles. The lowest BCUT2D eigenvalue weighted by Gasteiger charge is -2.44. The van der Waals surface area contributed by atoms with Crippen LogP contribution in [0.4, 0.5) is 0 Å². The van der Waals surface area contributed by atoms with Gasteiger partial charge in [0.05, 0.1) is 34.0 Å². The smallest absolute Gasteiger partial charge is 0.340 e. The Kier molecular flexibility index (Phi) is 9.02. The Morgan fingerprint density at radius 3 is 1.97 bits per heavy atom. The van der Waals surface area contributed by atoms with Gasteiger partial charge in [-0.1, -0.05) is 6.07 Å². The molecule has 204 valence electrons. The molecule has 1 aliphatic heterocycles. The Balaban J connectivity index is 1.45. The summed E-state index contributed by atoms with van der Waals surface area (Å²) in [4.78, 5) is 17.8. The number of piperazine rings is 1. The average molecular weight is 588 g/mol. The van der Waals surface area contributed by atoms with E-state index in [2.05, 4.69) is 45.6 Å². The van der Waals surface area contributed by atoms with Crippen LogP contribution in [0, 0.1) is 0 Å². The van der Waals surface area contributed by atoms with Gasteiger partial charge in [0.2, 0.25) is 0 Å². The summed E-state index contributed by atoms with van der Waals surface area (Å²) in [6, 6.07) is 13.9. The lowest BCUT2D eigenvalue weighted by Crippen LogP contribution is -2.55. The van der Waals surface area contributed by atoms with Crippen LogP contribution in [0.1, 0.15) is 25.0 Å². The monoisotopic (exact) mass is 586 g/mol. The Morgan fingerprint density at radius 1 is 0.789 bits per heavy atom. The summed E-state index contributed by atoms with van der Waals surface area (Å²) in [6.07, 6.45) is 0. The Hall–Kier alpha value is -3.01. The third-order valence-electron chi connectivity index (χ3n) is 7.09. The molecule has 0 unspecified atom stereocenters. The van der Waals surface area contributed by atoms with Crippen molar-refractivity contribution in [3.63, 3.8) is 0 Å². The zero-order valence-corrected chi connectivity index (χ0v) is 24.3. The molecule has 1 fully saturated rings. The normalized spacial score (nSPS) is 18.3. The molecule has 1 aliphatic rings. The zero-order chi connectivity index (χ0) is 27.4. The number of hydrogen-bond donors (Lipinski definition) is 0. The first-order valence-electron chi connectivity index (χ1n) is 12.5. The van der Waals surface area contributed by atoms with Crippen molar-refractivity contribution in [3.05, 3.63) is 68.5 Å². The molecule has 0 N–H and O–H groups in total. The van der Waals surface area contributed by atoms with Crippen molar-refractivity contribution in [2.45, 2.75) is 39.0 Å². The number of nitrogens with zero attached hydrogens (tertiary/aromatic N) is 2. The second kappa shape index (κ2) is 12.2. The number of rotatable bonds is 9. The number of benzene rings is 2. The SMILES string of the molecule is COc1ccc(CN2C[C@H](C)N(Cc3ccc(-c4cc(OC)c(OC)cc4Br)oc3=O)C[C@H]2C)cc1OC. The predicted octanol–water partition coefficient (Wildman–Crippen LogP) is 5.20. The topological polar surface area (TPSA) is 73.6 Å². The van der Waals surface area contributed by atoms with Gasteiger partial charge in [-0.05, 0) is 71.7 Å². The van der Waals surface area contributed by atoms with E-state index < -0.39 is 0 Å². The first kappa shape index (κ1) is 28.0. The van der Waals surface area contributed by atoms with Gasteiger partial charge in [0, 0.05) is 48.3 Å². The Morgan fingerprint density at radius 2 is 1.37 bits per heavy atom. The highest BCUT2D eigenvalue weighted by molar-refractivity contribution is 9.10. The molecule has 0 radical (unpaired) electrons. The molecular formula is C29H35BrN2O6. The van der Waals surface area contributed by atoms with Crippen molar-refractivity contribution in [3.8, 4) is 34.3 Å². The highest BCUT2D eigenvalue weighted by atomic mass is 79.9. The largest absolute Gasteiger partial charge is 0.493 e. The van der Waals surface area contributed by atoms with Crippen LogP contribution in [-0.2, 0) is 13.1 Å². The second-order valence-electron chi connectivity index (χ2n) is 9.55. The quantitative estimate of drug-likeness (QED) is 0.339. The van der Waals surface area contributed by atoms with E-state index >= 15 is 0 Å². The molecule has 2 atom stereocenters. The molecule has 0 saturated carbocycles. The second-order valence-corrected chi connectivity index (χ2v) is 10.4. The molecule has 4 rings (SSSR count). The van der Waals surface area contributed by atoms with Crippen molar-refractivity contribution in [2.75, 3.05) is 41.5 Å². The number of ether oxygens (including phenoxy) is 4. The van der Waals surface area contributed by atoms with Crippen LogP contribution < -0.4 is 24.6 Å². The van der Waals surface area contributed by atoms with Gasteiger partial charge >= 0.3 is 5.63 Å². The molecule has 9 heteroatoms. The minimum atomic E-state index is -0.336. The third-order valence-corrected chi connectivity index (χ3v) is 7.75. The van der Waals surface area contributed by atoms with Gasteiger partial charge in [-0.25, -0.2) is 4.79 Å². The highest BCUT2D eigenvalue weighted by Gasteiger charge is 2.30. The van der Waals surface area contributed by atoms with Crippen molar-refractivity contribution < 1.29 is 23.4 Å². The van der Waals surface area contributed by atoms with Crippen molar-refractivity contribution >= 4 is 15.9 Å². The highest BCUT2D eigenvalue weighted by Crippen LogP contribution is 2.38. The van der Waals surface area contributed by atoms with Gasteiger partial charge in [0.1, 0.15) is 5.76 Å². The van der Waals surface area contributed by atoms with E-state index in [0.717, 1.165) is 41.2 Å². The van der Waals surface area contributed by atoms with Gasteiger partial charge in [-0.15, -0.1) is 0 Å². The van der Waals surface area contributed by atoms with E-state index in [1.54, 1.807) is 40.6 Å². The average Bonchev–Trinajstić information content (AvgIpc) is 2.92. The molecule has 2 heterocycles. The van der Waals surface area contributed by atoms with Gasteiger partial charge < -0.3 is 23.4 Å². The summed E-state index contributed by atoms with van der Waals surface area (Å²) < 4.78 is 28.1. The summed E-state index contributed by atoms with van der Waals surface area (Å²) in [5.74, 6) is 3.08. The first-order valence-corrected chi connectivity index (χ1v) is 13.3. The van der Waals surface area contributed by atoms with Crippen LogP contribution in [0.5, 0.6) is 23.0 Å². The molecule has 0 aliphatic carbocycles. The minimum absolute atomic E-state index is 0.269. The molecule has 8 nitrogen and oxygen atoms in total. The molecule has 2 aromatic carbocycles. The van der Waals surface area contributed by atoms with E-state index in [1.807, 2.05) is 24.3 Å². The van der Waals surface area contributed by atoms with E-state index in [1.165, 1.54) is 5.56 Å². The molecule has 38 heavy (non-hydrogen) atoms. The number of halogens is 1. The van der Waals surface area contributed by atoms with E-state index in [-0.39, 0.29) is 11.7 Å². The summed E-state index contributed by atoms with van der Waals surface area (Å²) >= 11 is 3.55. The van der Waals surface area contributed by atoms with Gasteiger partial charge in [-0.3, -0.25) is 9.80 Å². The fourth-order valence-electron chi connectivity index (χ4n) is 4.89. The lowest BCUT2D eigenvalue weighted by atomic mass is 10.1. The first-order chi connectivity index (χ1) is 18.3. The van der Waals surface area contributed by atoms with Gasteiger partial charge in [-0.2, -0.15) is 0 Å². The molecule has 3 aromatic rings.